The Balaban J connectivity index is 2.04. The van der Waals surface area contributed by atoms with Crippen LogP contribution in [0.25, 0.3) is 0 Å². The van der Waals surface area contributed by atoms with E-state index in [-0.39, 0.29) is 18.4 Å². The van der Waals surface area contributed by atoms with Crippen LogP contribution in [0.2, 0.25) is 0 Å². The van der Waals surface area contributed by atoms with Gasteiger partial charge in [0.05, 0.1) is 5.56 Å². The largest absolute Gasteiger partial charge is 0.416 e. The van der Waals surface area contributed by atoms with Gasteiger partial charge in [-0.25, -0.2) is 0 Å². The van der Waals surface area contributed by atoms with Gasteiger partial charge in [-0.2, -0.15) is 13.2 Å². The Morgan fingerprint density at radius 1 is 1.04 bits per heavy atom. The van der Waals surface area contributed by atoms with Crippen molar-refractivity contribution in [2.45, 2.75) is 39.5 Å². The topological polar surface area (TPSA) is 58.2 Å². The van der Waals surface area contributed by atoms with Crippen molar-refractivity contribution >= 4 is 11.8 Å². The molecule has 0 saturated heterocycles. The number of hydrogen-bond donors (Lipinski definition) is 2. The van der Waals surface area contributed by atoms with Gasteiger partial charge in [-0.05, 0) is 42.7 Å². The minimum Gasteiger partial charge on any atom is -0.350 e. The molecule has 0 aromatic heterocycles. The lowest BCUT2D eigenvalue weighted by molar-refractivity contribution is -0.137. The minimum atomic E-state index is -4.44. The normalized spacial score (nSPS) is 12.5. The summed E-state index contributed by atoms with van der Waals surface area (Å²) in [5.74, 6) is -1.03. The summed E-state index contributed by atoms with van der Waals surface area (Å²) in [5.41, 5.74) is 0.919. The second kappa shape index (κ2) is 8.91. The summed E-state index contributed by atoms with van der Waals surface area (Å²) in [7, 11) is 0. The molecule has 2 amide bonds. The first kappa shape index (κ1) is 21.5. The molecular weight excluding hydrogens is 369 g/mol. The lowest BCUT2D eigenvalue weighted by Crippen LogP contribution is -2.49. The van der Waals surface area contributed by atoms with Crippen LogP contribution in [0.3, 0.4) is 0 Å². The number of rotatable bonds is 6. The van der Waals surface area contributed by atoms with Gasteiger partial charge in [-0.3, -0.25) is 9.59 Å². The lowest BCUT2D eigenvalue weighted by atomic mass is 10.0. The number of aryl methyl sites for hydroxylation is 1. The monoisotopic (exact) mass is 392 g/mol. The van der Waals surface area contributed by atoms with Crippen LogP contribution in [0.5, 0.6) is 0 Å². The van der Waals surface area contributed by atoms with Crippen LogP contribution in [0.4, 0.5) is 13.2 Å². The van der Waals surface area contributed by atoms with Crippen molar-refractivity contribution in [2.75, 3.05) is 0 Å². The van der Waals surface area contributed by atoms with Gasteiger partial charge in [0.15, 0.2) is 0 Å². The van der Waals surface area contributed by atoms with Gasteiger partial charge >= 0.3 is 6.18 Å². The third-order valence-corrected chi connectivity index (χ3v) is 4.24. The molecule has 0 bridgehead atoms. The second-order valence-corrected chi connectivity index (χ2v) is 6.98. The van der Waals surface area contributed by atoms with E-state index < -0.39 is 23.7 Å². The maximum absolute atomic E-state index is 12.8. The summed E-state index contributed by atoms with van der Waals surface area (Å²) in [6.07, 6.45) is -4.44. The lowest BCUT2D eigenvalue weighted by Gasteiger charge is -2.22. The van der Waals surface area contributed by atoms with E-state index in [9.17, 15) is 22.8 Å². The Morgan fingerprint density at radius 3 is 2.32 bits per heavy atom. The quantitative estimate of drug-likeness (QED) is 0.778. The fraction of sp³-hybridized carbons (Fsp3) is 0.333. The molecule has 0 aliphatic rings. The molecule has 2 aromatic rings. The molecule has 0 spiro atoms. The van der Waals surface area contributed by atoms with Gasteiger partial charge in [0.2, 0.25) is 5.91 Å². The number of nitrogens with one attached hydrogen (secondary N) is 2. The van der Waals surface area contributed by atoms with Gasteiger partial charge in [-0.15, -0.1) is 0 Å². The summed E-state index contributed by atoms with van der Waals surface area (Å²) >= 11 is 0. The van der Waals surface area contributed by atoms with E-state index >= 15 is 0 Å². The van der Waals surface area contributed by atoms with Crippen LogP contribution in [0.1, 0.15) is 40.9 Å². The number of amides is 2. The van der Waals surface area contributed by atoms with E-state index in [2.05, 4.69) is 10.6 Å². The Bertz CT molecular complexity index is 848. The molecule has 2 aromatic carbocycles. The van der Waals surface area contributed by atoms with Crippen molar-refractivity contribution in [2.24, 2.45) is 5.92 Å². The van der Waals surface area contributed by atoms with Crippen molar-refractivity contribution in [1.29, 1.82) is 0 Å². The van der Waals surface area contributed by atoms with Gasteiger partial charge < -0.3 is 10.6 Å². The summed E-state index contributed by atoms with van der Waals surface area (Å²) in [4.78, 5) is 25.0. The number of hydrogen-bond acceptors (Lipinski definition) is 2. The van der Waals surface area contributed by atoms with Crippen molar-refractivity contribution in [3.8, 4) is 0 Å². The van der Waals surface area contributed by atoms with Gasteiger partial charge in [0, 0.05) is 12.1 Å². The van der Waals surface area contributed by atoms with E-state index in [0.29, 0.717) is 11.1 Å². The van der Waals surface area contributed by atoms with Crippen LogP contribution in [-0.2, 0) is 17.5 Å². The minimum absolute atomic E-state index is 0.0632. The first-order valence-electron chi connectivity index (χ1n) is 8.89. The molecule has 2 rings (SSSR count). The summed E-state index contributed by atoms with van der Waals surface area (Å²) in [5, 5.41) is 5.31. The number of carbonyl (C=O) groups excluding carboxylic acids is 2. The second-order valence-electron chi connectivity index (χ2n) is 6.98. The average Bonchev–Trinajstić information content (AvgIpc) is 2.63. The average molecular weight is 392 g/mol. The first-order chi connectivity index (χ1) is 13.1. The Labute approximate surface area is 162 Å². The molecule has 0 fully saturated rings. The fourth-order valence-corrected chi connectivity index (χ4v) is 2.70. The van der Waals surface area contributed by atoms with Crippen molar-refractivity contribution < 1.29 is 22.8 Å². The molecule has 0 aliphatic carbocycles. The molecule has 7 heteroatoms. The molecule has 0 aliphatic heterocycles. The van der Waals surface area contributed by atoms with Crippen LogP contribution in [0.15, 0.2) is 48.5 Å². The molecule has 28 heavy (non-hydrogen) atoms. The van der Waals surface area contributed by atoms with Gasteiger partial charge in [0.25, 0.3) is 5.91 Å². The highest BCUT2D eigenvalue weighted by atomic mass is 19.4. The number of benzene rings is 2. The molecule has 0 saturated carbocycles. The number of halogens is 3. The third-order valence-electron chi connectivity index (χ3n) is 4.24. The summed E-state index contributed by atoms with van der Waals surface area (Å²) in [6.45, 7) is 5.36. The Hall–Kier alpha value is -2.83. The molecular formula is C21H23F3N2O2. The molecule has 150 valence electrons. The number of carbonyl (C=O) groups is 2. The zero-order valence-corrected chi connectivity index (χ0v) is 15.9. The Kier molecular flexibility index (Phi) is 6.83. The van der Waals surface area contributed by atoms with Crippen molar-refractivity contribution in [1.82, 2.24) is 10.6 Å². The zero-order chi connectivity index (χ0) is 20.9. The molecule has 1 atom stereocenters. The maximum atomic E-state index is 12.8. The SMILES string of the molecule is Cc1cccc(C(=O)NC(C(=O)NCc2cccc(C(F)(F)F)c2)C(C)C)c1. The van der Waals surface area contributed by atoms with E-state index in [0.717, 1.165) is 17.7 Å². The third kappa shape index (κ3) is 5.84. The van der Waals surface area contributed by atoms with Crippen LogP contribution in [-0.4, -0.2) is 17.9 Å². The molecule has 4 nitrogen and oxygen atoms in total. The van der Waals surface area contributed by atoms with Crippen molar-refractivity contribution in [3.63, 3.8) is 0 Å². The standard InChI is InChI=1S/C21H23F3N2O2/c1-13(2)18(26-19(27)16-8-4-6-14(3)10-16)20(28)25-12-15-7-5-9-17(11-15)21(22,23)24/h4-11,13,18H,12H2,1-3H3,(H,25,28)(H,26,27). The zero-order valence-electron chi connectivity index (χ0n) is 15.9. The fourth-order valence-electron chi connectivity index (χ4n) is 2.70. The smallest absolute Gasteiger partial charge is 0.350 e. The molecule has 0 radical (unpaired) electrons. The molecule has 1 unspecified atom stereocenters. The summed E-state index contributed by atoms with van der Waals surface area (Å²) < 4.78 is 38.4. The van der Waals surface area contributed by atoms with Crippen LogP contribution < -0.4 is 10.6 Å². The first-order valence-corrected chi connectivity index (χ1v) is 8.89. The molecule has 2 N–H and O–H groups in total. The predicted molar refractivity (Wildman–Crippen MR) is 101 cm³/mol. The Morgan fingerprint density at radius 2 is 1.71 bits per heavy atom. The van der Waals surface area contributed by atoms with E-state index in [4.69, 9.17) is 0 Å². The highest BCUT2D eigenvalue weighted by molar-refractivity contribution is 5.97. The van der Waals surface area contributed by atoms with Gasteiger partial charge in [-0.1, -0.05) is 43.7 Å². The van der Waals surface area contributed by atoms with E-state index in [1.54, 1.807) is 32.0 Å². The van der Waals surface area contributed by atoms with E-state index in [1.165, 1.54) is 12.1 Å². The maximum Gasteiger partial charge on any atom is 0.416 e. The van der Waals surface area contributed by atoms with Crippen LogP contribution >= 0.6 is 0 Å². The highest BCUT2D eigenvalue weighted by Crippen LogP contribution is 2.29. The van der Waals surface area contributed by atoms with Gasteiger partial charge in [0.1, 0.15) is 6.04 Å². The van der Waals surface area contributed by atoms with E-state index in [1.807, 2.05) is 13.0 Å². The van der Waals surface area contributed by atoms with Crippen molar-refractivity contribution in [3.05, 3.63) is 70.8 Å². The molecule has 0 heterocycles. The predicted octanol–water partition coefficient (Wildman–Crippen LogP) is 4.08. The summed E-state index contributed by atoms with van der Waals surface area (Å²) in [6, 6.07) is 10.9. The number of alkyl halides is 3. The van der Waals surface area contributed by atoms with Crippen LogP contribution in [0, 0.1) is 12.8 Å². The highest BCUT2D eigenvalue weighted by Gasteiger charge is 2.30.